The Bertz CT molecular complexity index is 591. The molecule has 0 spiro atoms. The van der Waals surface area contributed by atoms with E-state index in [1.54, 1.807) is 6.92 Å². The third-order valence-electron chi connectivity index (χ3n) is 2.33. The SMILES string of the molecule is COc1cc(OC)n2c(C(=O)O)c(C)nc2n1. The highest BCUT2D eigenvalue weighted by Gasteiger charge is 2.20. The van der Waals surface area contributed by atoms with Crippen molar-refractivity contribution in [1.29, 1.82) is 0 Å². The number of fused-ring (bicyclic) bond motifs is 1. The molecule has 0 saturated heterocycles. The first-order valence-corrected chi connectivity index (χ1v) is 4.80. The molecule has 0 aliphatic carbocycles. The van der Waals surface area contributed by atoms with E-state index in [9.17, 15) is 4.79 Å². The van der Waals surface area contributed by atoms with E-state index in [-0.39, 0.29) is 11.5 Å². The van der Waals surface area contributed by atoms with Crippen LogP contribution in [0, 0.1) is 6.92 Å². The second-order valence-electron chi connectivity index (χ2n) is 3.33. The molecular weight excluding hydrogens is 226 g/mol. The lowest BCUT2D eigenvalue weighted by Gasteiger charge is -2.07. The van der Waals surface area contributed by atoms with E-state index in [0.717, 1.165) is 0 Å². The largest absolute Gasteiger partial charge is 0.482 e. The smallest absolute Gasteiger partial charge is 0.354 e. The number of carboxylic acids is 1. The second-order valence-corrected chi connectivity index (χ2v) is 3.33. The second kappa shape index (κ2) is 3.93. The molecule has 0 saturated carbocycles. The molecular formula is C10H11N3O4. The molecule has 90 valence electrons. The molecule has 0 unspecified atom stereocenters. The molecule has 0 amide bonds. The molecule has 0 bridgehead atoms. The van der Waals surface area contributed by atoms with Crippen molar-refractivity contribution in [2.24, 2.45) is 0 Å². The molecule has 2 aromatic heterocycles. The van der Waals surface area contributed by atoms with Crippen LogP contribution in [0.25, 0.3) is 5.78 Å². The molecule has 0 aliphatic rings. The predicted octanol–water partition coefficient (Wildman–Crippen LogP) is 0.753. The number of imidazole rings is 1. The molecule has 0 aromatic carbocycles. The molecule has 2 aromatic rings. The molecule has 17 heavy (non-hydrogen) atoms. The summed E-state index contributed by atoms with van der Waals surface area (Å²) in [7, 11) is 2.90. The molecule has 1 N–H and O–H groups in total. The van der Waals surface area contributed by atoms with Crippen LogP contribution in [-0.4, -0.2) is 39.7 Å². The summed E-state index contributed by atoms with van der Waals surface area (Å²) in [4.78, 5) is 19.3. The van der Waals surface area contributed by atoms with E-state index in [0.29, 0.717) is 17.5 Å². The van der Waals surface area contributed by atoms with E-state index >= 15 is 0 Å². The van der Waals surface area contributed by atoms with E-state index in [4.69, 9.17) is 14.6 Å². The Hall–Kier alpha value is -2.31. The average Bonchev–Trinajstić information content (AvgIpc) is 2.63. The molecule has 7 nitrogen and oxygen atoms in total. The summed E-state index contributed by atoms with van der Waals surface area (Å²) in [6, 6.07) is 1.50. The highest BCUT2D eigenvalue weighted by Crippen LogP contribution is 2.23. The van der Waals surface area contributed by atoms with Gasteiger partial charge < -0.3 is 14.6 Å². The van der Waals surface area contributed by atoms with Gasteiger partial charge in [-0.25, -0.2) is 14.2 Å². The van der Waals surface area contributed by atoms with Crippen molar-refractivity contribution < 1.29 is 19.4 Å². The number of aromatic carboxylic acids is 1. The molecule has 0 atom stereocenters. The van der Waals surface area contributed by atoms with Gasteiger partial charge in [0.1, 0.15) is 0 Å². The highest BCUT2D eigenvalue weighted by molar-refractivity contribution is 5.88. The third-order valence-corrected chi connectivity index (χ3v) is 2.33. The number of hydrogen-bond donors (Lipinski definition) is 1. The molecule has 2 rings (SSSR count). The third kappa shape index (κ3) is 1.65. The zero-order valence-corrected chi connectivity index (χ0v) is 9.59. The van der Waals surface area contributed by atoms with Crippen LogP contribution in [-0.2, 0) is 0 Å². The van der Waals surface area contributed by atoms with Crippen molar-refractivity contribution in [3.8, 4) is 11.8 Å². The van der Waals surface area contributed by atoms with Crippen molar-refractivity contribution in [3.63, 3.8) is 0 Å². The van der Waals surface area contributed by atoms with Crippen LogP contribution < -0.4 is 9.47 Å². The standard InChI is InChI=1S/C10H11N3O4/c1-5-8(9(14)15)13-7(17-3)4-6(16-2)12-10(13)11-5/h4H,1-3H3,(H,14,15). The summed E-state index contributed by atoms with van der Waals surface area (Å²) < 4.78 is 11.4. The zero-order chi connectivity index (χ0) is 12.6. The number of aryl methyl sites for hydroxylation is 1. The van der Waals surface area contributed by atoms with Gasteiger partial charge in [0.2, 0.25) is 17.5 Å². The monoisotopic (exact) mass is 237 g/mol. The maximum atomic E-state index is 11.1. The first-order chi connectivity index (χ1) is 8.08. The first-order valence-electron chi connectivity index (χ1n) is 4.80. The topological polar surface area (TPSA) is 86.0 Å². The van der Waals surface area contributed by atoms with Gasteiger partial charge in [-0.2, -0.15) is 4.98 Å². The van der Waals surface area contributed by atoms with Crippen LogP contribution in [0.5, 0.6) is 11.8 Å². The quantitative estimate of drug-likeness (QED) is 0.847. The van der Waals surface area contributed by atoms with Crippen LogP contribution >= 0.6 is 0 Å². The minimum Gasteiger partial charge on any atom is -0.482 e. The Balaban J connectivity index is 2.85. The molecule has 0 aliphatic heterocycles. The fourth-order valence-electron chi connectivity index (χ4n) is 1.60. The van der Waals surface area contributed by atoms with Gasteiger partial charge in [0, 0.05) is 0 Å². The number of nitrogens with zero attached hydrogens (tertiary/aromatic N) is 3. The summed E-state index contributed by atoms with van der Waals surface area (Å²) in [5.41, 5.74) is 0.406. The van der Waals surface area contributed by atoms with Gasteiger partial charge in [0.25, 0.3) is 0 Å². The Morgan fingerprint density at radius 2 is 2.06 bits per heavy atom. The van der Waals surface area contributed by atoms with E-state index in [1.807, 2.05) is 0 Å². The first kappa shape index (κ1) is 11.2. The average molecular weight is 237 g/mol. The van der Waals surface area contributed by atoms with Gasteiger partial charge >= 0.3 is 5.97 Å². The number of rotatable bonds is 3. The Kier molecular flexibility index (Phi) is 2.58. The Morgan fingerprint density at radius 3 is 2.59 bits per heavy atom. The van der Waals surface area contributed by atoms with Gasteiger partial charge in [0.05, 0.1) is 26.0 Å². The van der Waals surface area contributed by atoms with Crippen LogP contribution in [0.15, 0.2) is 6.07 Å². The van der Waals surface area contributed by atoms with Crippen molar-refractivity contribution in [1.82, 2.24) is 14.4 Å². The van der Waals surface area contributed by atoms with E-state index in [1.165, 1.54) is 24.7 Å². The Morgan fingerprint density at radius 1 is 1.35 bits per heavy atom. The van der Waals surface area contributed by atoms with Crippen LogP contribution in [0.4, 0.5) is 0 Å². The number of carboxylic acid groups (broad SMARTS) is 1. The summed E-state index contributed by atoms with van der Waals surface area (Å²) >= 11 is 0. The fourth-order valence-corrected chi connectivity index (χ4v) is 1.60. The minimum absolute atomic E-state index is 0.0343. The van der Waals surface area contributed by atoms with E-state index < -0.39 is 5.97 Å². The number of ether oxygens (including phenoxy) is 2. The van der Waals surface area contributed by atoms with Gasteiger partial charge in [-0.15, -0.1) is 0 Å². The van der Waals surface area contributed by atoms with Crippen molar-refractivity contribution in [2.75, 3.05) is 14.2 Å². The normalized spacial score (nSPS) is 10.5. The van der Waals surface area contributed by atoms with Crippen molar-refractivity contribution in [2.45, 2.75) is 6.92 Å². The molecule has 0 radical (unpaired) electrons. The number of aromatic nitrogens is 3. The van der Waals surface area contributed by atoms with Gasteiger partial charge in [-0.05, 0) is 6.92 Å². The lowest BCUT2D eigenvalue weighted by atomic mass is 10.3. The maximum Gasteiger partial charge on any atom is 0.354 e. The van der Waals surface area contributed by atoms with Crippen molar-refractivity contribution >= 4 is 11.7 Å². The number of carbonyl (C=O) groups is 1. The molecule has 0 fully saturated rings. The summed E-state index contributed by atoms with van der Waals surface area (Å²) in [5.74, 6) is -0.225. The minimum atomic E-state index is -1.08. The number of methoxy groups -OCH3 is 2. The Labute approximate surface area is 96.6 Å². The van der Waals surface area contributed by atoms with Crippen LogP contribution in [0.3, 0.4) is 0 Å². The molecule has 7 heteroatoms. The number of hydrogen-bond acceptors (Lipinski definition) is 5. The van der Waals surface area contributed by atoms with Gasteiger partial charge in [-0.1, -0.05) is 0 Å². The van der Waals surface area contributed by atoms with Gasteiger partial charge in [-0.3, -0.25) is 0 Å². The summed E-state index contributed by atoms with van der Waals surface area (Å²) in [6.45, 7) is 1.60. The summed E-state index contributed by atoms with van der Waals surface area (Å²) in [5, 5.41) is 9.12. The maximum absolute atomic E-state index is 11.1. The highest BCUT2D eigenvalue weighted by atomic mass is 16.5. The summed E-state index contributed by atoms with van der Waals surface area (Å²) in [6.07, 6.45) is 0. The van der Waals surface area contributed by atoms with Gasteiger partial charge in [0.15, 0.2) is 5.69 Å². The van der Waals surface area contributed by atoms with Crippen LogP contribution in [0.2, 0.25) is 0 Å². The lowest BCUT2D eigenvalue weighted by Crippen LogP contribution is -2.07. The fraction of sp³-hybridized carbons (Fsp3) is 0.300. The zero-order valence-electron chi connectivity index (χ0n) is 9.59. The predicted molar refractivity (Wildman–Crippen MR) is 57.8 cm³/mol. The van der Waals surface area contributed by atoms with Crippen LogP contribution in [0.1, 0.15) is 16.2 Å². The van der Waals surface area contributed by atoms with E-state index in [2.05, 4.69) is 9.97 Å². The van der Waals surface area contributed by atoms with Crippen molar-refractivity contribution in [3.05, 3.63) is 17.5 Å². The lowest BCUT2D eigenvalue weighted by molar-refractivity contribution is 0.0687. The molecule has 2 heterocycles.